The number of rotatable bonds is 5. The SMILES string of the molecule is CCOC(=O)CSc1nc2c(=O)c3c(sc2n1-c1ccc(C)cc1)CN(C)CC3. The Bertz CT molecular complexity index is 1120. The van der Waals surface area contributed by atoms with E-state index >= 15 is 0 Å². The van der Waals surface area contributed by atoms with Crippen LogP contribution in [0.3, 0.4) is 0 Å². The van der Waals surface area contributed by atoms with Crippen LogP contribution < -0.4 is 5.43 Å². The van der Waals surface area contributed by atoms with E-state index in [0.29, 0.717) is 17.3 Å². The van der Waals surface area contributed by atoms with Crippen LogP contribution in [0.2, 0.25) is 0 Å². The van der Waals surface area contributed by atoms with Crippen LogP contribution >= 0.6 is 23.1 Å². The summed E-state index contributed by atoms with van der Waals surface area (Å²) < 4.78 is 7.05. The first kappa shape index (κ1) is 20.1. The van der Waals surface area contributed by atoms with Crippen molar-refractivity contribution in [3.05, 3.63) is 50.5 Å². The molecule has 0 saturated carbocycles. The van der Waals surface area contributed by atoms with Gasteiger partial charge in [0.15, 0.2) is 5.16 Å². The molecule has 29 heavy (non-hydrogen) atoms. The van der Waals surface area contributed by atoms with Gasteiger partial charge in [-0.1, -0.05) is 29.5 Å². The molecule has 1 aliphatic rings. The fourth-order valence-corrected chi connectivity index (χ4v) is 5.65. The lowest BCUT2D eigenvalue weighted by molar-refractivity contribution is -0.139. The summed E-state index contributed by atoms with van der Waals surface area (Å²) in [4.78, 5) is 33.9. The van der Waals surface area contributed by atoms with Gasteiger partial charge in [-0.3, -0.25) is 14.2 Å². The first-order chi connectivity index (χ1) is 14.0. The minimum atomic E-state index is -0.285. The Morgan fingerprint density at radius 3 is 2.79 bits per heavy atom. The topological polar surface area (TPSA) is 64.4 Å². The van der Waals surface area contributed by atoms with Gasteiger partial charge in [-0.2, -0.15) is 0 Å². The van der Waals surface area contributed by atoms with Crippen molar-refractivity contribution in [1.29, 1.82) is 0 Å². The second-order valence-electron chi connectivity index (χ2n) is 7.13. The van der Waals surface area contributed by atoms with E-state index in [1.165, 1.54) is 11.8 Å². The molecule has 0 spiro atoms. The highest BCUT2D eigenvalue weighted by Gasteiger charge is 2.24. The summed E-state index contributed by atoms with van der Waals surface area (Å²) in [6.07, 6.45) is 0.750. The fraction of sp³-hybridized carbons (Fsp3) is 0.381. The van der Waals surface area contributed by atoms with Crippen molar-refractivity contribution < 1.29 is 9.53 Å². The van der Waals surface area contributed by atoms with Crippen LogP contribution in [0.1, 0.15) is 22.9 Å². The molecule has 0 saturated heterocycles. The van der Waals surface area contributed by atoms with Gasteiger partial charge in [0.1, 0.15) is 10.3 Å². The Balaban J connectivity index is 1.87. The van der Waals surface area contributed by atoms with Gasteiger partial charge in [-0.25, -0.2) is 4.98 Å². The maximum absolute atomic E-state index is 13.2. The van der Waals surface area contributed by atoms with E-state index in [0.717, 1.165) is 46.0 Å². The van der Waals surface area contributed by atoms with Crippen LogP contribution in [-0.4, -0.2) is 46.4 Å². The average molecular weight is 430 g/mol. The molecule has 0 radical (unpaired) electrons. The lowest BCUT2D eigenvalue weighted by Crippen LogP contribution is -2.30. The van der Waals surface area contributed by atoms with Gasteiger partial charge in [0.05, 0.1) is 12.4 Å². The monoisotopic (exact) mass is 429 g/mol. The summed E-state index contributed by atoms with van der Waals surface area (Å²) in [6.45, 7) is 5.83. The van der Waals surface area contributed by atoms with E-state index < -0.39 is 0 Å². The zero-order chi connectivity index (χ0) is 20.5. The largest absolute Gasteiger partial charge is 0.465 e. The number of hydrogen-bond donors (Lipinski definition) is 0. The lowest BCUT2D eigenvalue weighted by Gasteiger charge is -2.23. The van der Waals surface area contributed by atoms with Crippen molar-refractivity contribution in [3.63, 3.8) is 0 Å². The van der Waals surface area contributed by atoms with E-state index in [9.17, 15) is 9.59 Å². The minimum Gasteiger partial charge on any atom is -0.465 e. The third kappa shape index (κ3) is 3.97. The molecule has 0 bridgehead atoms. The molecular weight excluding hydrogens is 406 g/mol. The maximum atomic E-state index is 13.2. The standard InChI is InChI=1S/C21H23N3O3S2/c1-4-27-17(25)12-28-21-22-18-19(26)15-9-10-23(3)11-16(15)29-20(18)24(21)14-7-5-13(2)6-8-14/h5-8H,4,9-12H2,1-3H3. The summed E-state index contributed by atoms with van der Waals surface area (Å²) in [5.74, 6) is -0.128. The number of ether oxygens (including phenoxy) is 1. The summed E-state index contributed by atoms with van der Waals surface area (Å²) >= 11 is 2.93. The molecule has 0 aliphatic carbocycles. The molecule has 1 aliphatic heterocycles. The molecule has 0 unspecified atom stereocenters. The number of likely N-dealkylation sites (N-methyl/N-ethyl adjacent to an activating group) is 1. The maximum Gasteiger partial charge on any atom is 0.316 e. The number of aryl methyl sites for hydroxylation is 1. The number of fused-ring (bicyclic) bond motifs is 2. The molecule has 0 N–H and O–H groups in total. The summed E-state index contributed by atoms with van der Waals surface area (Å²) in [5.41, 5.74) is 3.49. The van der Waals surface area contributed by atoms with Crippen molar-refractivity contribution in [2.24, 2.45) is 0 Å². The van der Waals surface area contributed by atoms with Gasteiger partial charge in [0.2, 0.25) is 5.43 Å². The zero-order valence-electron chi connectivity index (χ0n) is 16.7. The van der Waals surface area contributed by atoms with Gasteiger partial charge in [-0.05, 0) is 39.4 Å². The van der Waals surface area contributed by atoms with Crippen molar-refractivity contribution in [3.8, 4) is 5.69 Å². The normalized spacial score (nSPS) is 14.2. The van der Waals surface area contributed by atoms with Crippen molar-refractivity contribution in [2.45, 2.75) is 32.0 Å². The molecule has 6 nitrogen and oxygen atoms in total. The van der Waals surface area contributed by atoms with Gasteiger partial charge < -0.3 is 9.64 Å². The van der Waals surface area contributed by atoms with Crippen LogP contribution in [-0.2, 0) is 22.5 Å². The van der Waals surface area contributed by atoms with Crippen LogP contribution in [0.4, 0.5) is 0 Å². The first-order valence-corrected chi connectivity index (χ1v) is 11.4. The second kappa shape index (κ2) is 8.30. The Kier molecular flexibility index (Phi) is 5.76. The van der Waals surface area contributed by atoms with Gasteiger partial charge in [0, 0.05) is 29.2 Å². The van der Waals surface area contributed by atoms with E-state index in [-0.39, 0.29) is 17.2 Å². The van der Waals surface area contributed by atoms with Crippen LogP contribution in [0, 0.1) is 6.92 Å². The number of aromatic nitrogens is 2. The molecule has 0 amide bonds. The van der Waals surface area contributed by atoms with Crippen LogP contribution in [0.15, 0.2) is 34.2 Å². The summed E-state index contributed by atoms with van der Waals surface area (Å²) in [5, 5.41) is 0.640. The van der Waals surface area contributed by atoms with Crippen molar-refractivity contribution >= 4 is 39.4 Å². The summed E-state index contributed by atoms with van der Waals surface area (Å²) in [7, 11) is 2.07. The van der Waals surface area contributed by atoms with Crippen molar-refractivity contribution in [2.75, 3.05) is 26.0 Å². The highest BCUT2D eigenvalue weighted by molar-refractivity contribution is 7.99. The molecule has 3 aromatic rings. The molecule has 0 fully saturated rings. The number of hydrogen-bond acceptors (Lipinski definition) is 7. The second-order valence-corrected chi connectivity index (χ2v) is 9.16. The highest BCUT2D eigenvalue weighted by atomic mass is 32.2. The number of benzene rings is 1. The Hall–Kier alpha value is -2.16. The molecule has 4 rings (SSSR count). The fourth-order valence-electron chi connectivity index (χ4n) is 3.43. The predicted molar refractivity (Wildman–Crippen MR) is 117 cm³/mol. The molecular formula is C21H23N3O3S2. The molecule has 2 aromatic heterocycles. The van der Waals surface area contributed by atoms with E-state index in [2.05, 4.69) is 16.9 Å². The minimum absolute atomic E-state index is 0.0192. The summed E-state index contributed by atoms with van der Waals surface area (Å²) in [6, 6.07) is 8.12. The van der Waals surface area contributed by atoms with Crippen molar-refractivity contribution in [1.82, 2.24) is 14.5 Å². The Morgan fingerprint density at radius 1 is 1.31 bits per heavy atom. The molecule has 3 heterocycles. The highest BCUT2D eigenvalue weighted by Crippen LogP contribution is 2.33. The molecule has 8 heteroatoms. The molecule has 0 atom stereocenters. The number of carbonyl (C=O) groups excluding carboxylic acids is 1. The van der Waals surface area contributed by atoms with Crippen LogP contribution in [0.5, 0.6) is 0 Å². The number of nitrogens with zero attached hydrogens (tertiary/aromatic N) is 3. The van der Waals surface area contributed by atoms with Gasteiger partial charge in [0.25, 0.3) is 0 Å². The zero-order valence-corrected chi connectivity index (χ0v) is 18.4. The van der Waals surface area contributed by atoms with E-state index in [4.69, 9.17) is 4.74 Å². The third-order valence-corrected chi connectivity index (χ3v) is 7.03. The lowest BCUT2D eigenvalue weighted by atomic mass is 10.1. The van der Waals surface area contributed by atoms with Gasteiger partial charge >= 0.3 is 5.97 Å². The third-order valence-electron chi connectivity index (χ3n) is 4.92. The van der Waals surface area contributed by atoms with Gasteiger partial charge in [-0.15, -0.1) is 11.3 Å². The Morgan fingerprint density at radius 2 is 2.07 bits per heavy atom. The van der Waals surface area contributed by atoms with Crippen LogP contribution in [0.25, 0.3) is 16.0 Å². The smallest absolute Gasteiger partial charge is 0.316 e. The number of carbonyl (C=O) groups is 1. The number of thioether (sulfide) groups is 1. The number of esters is 1. The van der Waals surface area contributed by atoms with E-state index in [1.54, 1.807) is 18.3 Å². The molecule has 1 aromatic carbocycles. The van der Waals surface area contributed by atoms with E-state index in [1.807, 2.05) is 35.8 Å². The quantitative estimate of drug-likeness (QED) is 0.458. The molecule has 152 valence electrons. The number of imidazole rings is 1. The average Bonchev–Trinajstić information content (AvgIpc) is 3.06. The Labute approximate surface area is 177 Å². The first-order valence-electron chi connectivity index (χ1n) is 9.59. The predicted octanol–water partition coefficient (Wildman–Crippen LogP) is 3.40.